The first-order valence-electron chi connectivity index (χ1n) is 2.08. The zero-order valence-electron chi connectivity index (χ0n) is 5.24. The Morgan fingerprint density at radius 2 is 1.50 bits per heavy atom. The fraction of sp³-hybridized carbons (Fsp3) is 1.00. The molecule has 1 unspecified atom stereocenters. The Labute approximate surface area is 66.8 Å². The van der Waals surface area contributed by atoms with Crippen molar-refractivity contribution in [2.45, 2.75) is 13.2 Å². The van der Waals surface area contributed by atoms with E-state index >= 15 is 0 Å². The zero-order chi connectivity index (χ0) is 5.15. The van der Waals surface area contributed by atoms with Crippen LogP contribution in [0.15, 0.2) is 0 Å². The molecule has 0 heterocycles. The zero-order valence-corrected chi connectivity index (χ0v) is 7.27. The summed E-state index contributed by atoms with van der Waals surface area (Å²) in [6.07, 6.45) is -0.731. The van der Waals surface area contributed by atoms with Crippen LogP contribution < -0.4 is 17.3 Å². The van der Waals surface area contributed by atoms with Crippen LogP contribution in [-0.2, 0) is 17.4 Å². The van der Waals surface area contributed by atoms with Gasteiger partial charge in [-0.15, -0.1) is 0 Å². The van der Waals surface area contributed by atoms with Crippen molar-refractivity contribution in [2.24, 2.45) is 0 Å². The van der Waals surface area contributed by atoms with Gasteiger partial charge in [0, 0.05) is 24.3 Å². The van der Waals surface area contributed by atoms with E-state index in [2.05, 4.69) is 0 Å². The smallest absolute Gasteiger partial charge is 0.227 e. The molecule has 52 valence electrons. The molecule has 0 spiro atoms. The molecule has 0 saturated carbocycles. The van der Waals surface area contributed by atoms with Gasteiger partial charge in [0.15, 0.2) is 0 Å². The number of halogens is 2. The Hall–Kier alpha value is 0.712. The number of hydrogen-bond donors (Lipinski definition) is 1. The molecule has 0 radical (unpaired) electrons. The van der Waals surface area contributed by atoms with Gasteiger partial charge in [-0.2, -0.15) is 4.39 Å². The molecule has 0 aliphatic carbocycles. The van der Waals surface area contributed by atoms with Crippen LogP contribution >= 0.6 is 0 Å². The Balaban J connectivity index is -0.000000125. The quantitative estimate of drug-likeness (QED) is 0.398. The molecule has 4 heteroatoms. The largest absolute Gasteiger partial charge is 1.00 e. The van der Waals surface area contributed by atoms with E-state index in [9.17, 15) is 4.39 Å². The number of alkyl halides is 1. The van der Waals surface area contributed by atoms with Gasteiger partial charge in [0.05, 0.1) is 14.1 Å². The summed E-state index contributed by atoms with van der Waals surface area (Å²) in [5.74, 6) is 0. The second kappa shape index (κ2) is 7.71. The van der Waals surface area contributed by atoms with Gasteiger partial charge < -0.3 is 17.3 Å². The predicted octanol–water partition coefficient (Wildman–Crippen LogP) is -3.55. The Kier molecular flexibility index (Phi) is 15.3. The first kappa shape index (κ1) is 15.9. The first-order valence-corrected chi connectivity index (χ1v) is 2.08. The molecule has 0 bridgehead atoms. The summed E-state index contributed by atoms with van der Waals surface area (Å²) in [5, 5.41) is 0. The average molecular weight is 180 g/mol. The summed E-state index contributed by atoms with van der Waals surface area (Å²) >= 11 is 0. The molecule has 0 aliphatic rings. The van der Waals surface area contributed by atoms with E-state index in [0.29, 0.717) is 0 Å². The number of rotatable bonds is 1. The Bertz CT molecular complexity index is 37.0. The predicted molar refractivity (Wildman–Crippen MR) is 23.4 cm³/mol. The van der Waals surface area contributed by atoms with Crippen molar-refractivity contribution in [2.75, 3.05) is 14.1 Å². The minimum atomic E-state index is -0.731. The van der Waals surface area contributed by atoms with E-state index in [1.54, 1.807) is 14.1 Å². The standard InChI is InChI=1S/C4H10FN.ClH.Cr/c1-4(5)6(2)3;;/h4H,1-3H3;1H;. The van der Waals surface area contributed by atoms with E-state index in [-0.39, 0.29) is 29.8 Å². The molecule has 0 aromatic carbocycles. The van der Waals surface area contributed by atoms with Crippen LogP contribution in [0.2, 0.25) is 0 Å². The molecular formula is C4H11ClCrFN. The Morgan fingerprint density at radius 1 is 1.38 bits per heavy atom. The third-order valence-corrected chi connectivity index (χ3v) is 0.796. The molecular weight excluding hydrogens is 168 g/mol. The second-order valence-corrected chi connectivity index (χ2v) is 1.69. The topological polar surface area (TPSA) is 4.44 Å². The molecule has 8 heavy (non-hydrogen) atoms. The third-order valence-electron chi connectivity index (χ3n) is 0.796. The molecule has 1 nitrogen and oxygen atoms in total. The molecule has 1 atom stereocenters. The summed E-state index contributed by atoms with van der Waals surface area (Å²) in [5.41, 5.74) is 0. The van der Waals surface area contributed by atoms with Gasteiger partial charge in [-0.1, -0.05) is 0 Å². The fourth-order valence-corrected chi connectivity index (χ4v) is 0. The molecule has 0 rings (SSSR count). The SMILES string of the molecule is CC(F)[NH+](C)C.[Cl-].[Cr]. The monoisotopic (exact) mass is 179 g/mol. The van der Waals surface area contributed by atoms with Crippen molar-refractivity contribution in [3.63, 3.8) is 0 Å². The van der Waals surface area contributed by atoms with Crippen molar-refractivity contribution in [1.82, 2.24) is 0 Å². The van der Waals surface area contributed by atoms with E-state index < -0.39 is 6.30 Å². The third kappa shape index (κ3) is 9.86. The molecule has 0 amide bonds. The molecule has 0 fully saturated rings. The molecule has 0 aliphatic heterocycles. The first-order chi connectivity index (χ1) is 2.64. The summed E-state index contributed by atoms with van der Waals surface area (Å²) in [6.45, 7) is 1.54. The van der Waals surface area contributed by atoms with Crippen LogP contribution in [0.5, 0.6) is 0 Å². The van der Waals surface area contributed by atoms with E-state index in [0.717, 1.165) is 4.90 Å². The van der Waals surface area contributed by atoms with Crippen LogP contribution in [0.1, 0.15) is 6.92 Å². The number of nitrogens with one attached hydrogen (secondary N) is 1. The van der Waals surface area contributed by atoms with Crippen molar-refractivity contribution in [3.05, 3.63) is 0 Å². The summed E-state index contributed by atoms with van der Waals surface area (Å²) < 4.78 is 11.8. The summed E-state index contributed by atoms with van der Waals surface area (Å²) in [7, 11) is 3.56. The maximum Gasteiger partial charge on any atom is 0.227 e. The van der Waals surface area contributed by atoms with Crippen LogP contribution in [0, 0.1) is 0 Å². The van der Waals surface area contributed by atoms with Crippen LogP contribution in [0.25, 0.3) is 0 Å². The molecule has 0 saturated heterocycles. The van der Waals surface area contributed by atoms with Gasteiger partial charge in [0.1, 0.15) is 0 Å². The van der Waals surface area contributed by atoms with Gasteiger partial charge in [-0.25, -0.2) is 0 Å². The Morgan fingerprint density at radius 3 is 1.50 bits per heavy atom. The van der Waals surface area contributed by atoms with E-state index in [1.807, 2.05) is 0 Å². The number of hydrogen-bond acceptors (Lipinski definition) is 0. The van der Waals surface area contributed by atoms with E-state index in [1.165, 1.54) is 6.92 Å². The maximum atomic E-state index is 11.8. The van der Waals surface area contributed by atoms with Gasteiger partial charge in [0.2, 0.25) is 6.30 Å². The minimum Gasteiger partial charge on any atom is -1.00 e. The van der Waals surface area contributed by atoms with Gasteiger partial charge >= 0.3 is 0 Å². The van der Waals surface area contributed by atoms with Crippen molar-refractivity contribution >= 4 is 0 Å². The van der Waals surface area contributed by atoms with Crippen LogP contribution in [0.4, 0.5) is 4.39 Å². The van der Waals surface area contributed by atoms with E-state index in [4.69, 9.17) is 0 Å². The normalized spacial score (nSPS) is 11.6. The van der Waals surface area contributed by atoms with Gasteiger partial charge in [-0.3, -0.25) is 0 Å². The van der Waals surface area contributed by atoms with Crippen LogP contribution in [-0.4, -0.2) is 20.4 Å². The summed E-state index contributed by atoms with van der Waals surface area (Å²) in [6, 6.07) is 0. The van der Waals surface area contributed by atoms with Gasteiger partial charge in [0.25, 0.3) is 0 Å². The van der Waals surface area contributed by atoms with Crippen molar-refractivity contribution < 1.29 is 39.1 Å². The minimum absolute atomic E-state index is 0. The van der Waals surface area contributed by atoms with Gasteiger partial charge in [-0.05, 0) is 0 Å². The van der Waals surface area contributed by atoms with Crippen LogP contribution in [0.3, 0.4) is 0 Å². The molecule has 0 aromatic rings. The van der Waals surface area contributed by atoms with Crippen molar-refractivity contribution in [3.8, 4) is 0 Å². The fourth-order valence-electron chi connectivity index (χ4n) is 0. The number of quaternary nitrogens is 1. The average Bonchev–Trinajstić information content (AvgIpc) is 1.36. The summed E-state index contributed by atoms with van der Waals surface area (Å²) in [4.78, 5) is 0.843. The maximum absolute atomic E-state index is 11.8. The molecule has 0 aromatic heterocycles. The second-order valence-electron chi connectivity index (χ2n) is 1.69. The molecule has 1 N–H and O–H groups in total. The van der Waals surface area contributed by atoms with Crippen molar-refractivity contribution in [1.29, 1.82) is 0 Å².